The Balaban J connectivity index is 1.90. The van der Waals surface area contributed by atoms with Crippen LogP contribution in [0.5, 0.6) is 0 Å². The third-order valence-electron chi connectivity index (χ3n) is 3.75. The molecule has 1 amide bonds. The summed E-state index contributed by atoms with van der Waals surface area (Å²) < 4.78 is 0. The molecular formula is C20H23N3OS. The number of nitrogens with one attached hydrogen (secondary N) is 1. The molecule has 0 bridgehead atoms. The molecule has 2 aromatic rings. The minimum atomic E-state index is -0.0577. The van der Waals surface area contributed by atoms with Crippen molar-refractivity contribution in [1.29, 1.82) is 5.26 Å². The molecule has 0 fully saturated rings. The molecule has 0 aromatic heterocycles. The molecule has 2 aromatic carbocycles. The molecule has 0 saturated heterocycles. The minimum absolute atomic E-state index is 0.0577. The maximum absolute atomic E-state index is 12.3. The number of thioether (sulfide) groups is 1. The van der Waals surface area contributed by atoms with E-state index in [0.717, 1.165) is 23.5 Å². The molecule has 2 rings (SSSR count). The van der Waals surface area contributed by atoms with Crippen LogP contribution in [0.4, 0.5) is 5.69 Å². The van der Waals surface area contributed by atoms with Crippen LogP contribution in [0, 0.1) is 11.3 Å². The van der Waals surface area contributed by atoms with Gasteiger partial charge in [0.25, 0.3) is 0 Å². The molecular weight excluding hydrogens is 330 g/mol. The van der Waals surface area contributed by atoms with Gasteiger partial charge in [-0.3, -0.25) is 9.69 Å². The second kappa shape index (κ2) is 9.87. The standard InChI is InChI=1S/C20H23N3OS/c1-3-16-8-10-17(11-9-16)14-23(2)15-20(24)22-18-6-4-5-7-19(18)25-13-12-21/h4-11H,3,13-15H2,1-2H3,(H,22,24). The van der Waals surface area contributed by atoms with Gasteiger partial charge >= 0.3 is 0 Å². The highest BCUT2D eigenvalue weighted by molar-refractivity contribution is 7.99. The van der Waals surface area contributed by atoms with E-state index < -0.39 is 0 Å². The molecule has 25 heavy (non-hydrogen) atoms. The van der Waals surface area contributed by atoms with E-state index in [1.54, 1.807) is 0 Å². The van der Waals surface area contributed by atoms with Crippen molar-refractivity contribution in [1.82, 2.24) is 4.90 Å². The molecule has 0 unspecified atom stereocenters. The van der Waals surface area contributed by atoms with Gasteiger partial charge in [-0.05, 0) is 36.7 Å². The number of carbonyl (C=O) groups is 1. The zero-order valence-corrected chi connectivity index (χ0v) is 15.5. The monoisotopic (exact) mass is 353 g/mol. The number of amides is 1. The molecule has 0 saturated carbocycles. The van der Waals surface area contributed by atoms with Crippen molar-refractivity contribution in [3.8, 4) is 6.07 Å². The van der Waals surface area contributed by atoms with Crippen molar-refractivity contribution in [3.63, 3.8) is 0 Å². The number of anilines is 1. The van der Waals surface area contributed by atoms with E-state index in [0.29, 0.717) is 12.3 Å². The van der Waals surface area contributed by atoms with Crippen LogP contribution in [0.15, 0.2) is 53.4 Å². The lowest BCUT2D eigenvalue weighted by Gasteiger charge is -2.17. The maximum Gasteiger partial charge on any atom is 0.238 e. The van der Waals surface area contributed by atoms with Crippen LogP contribution >= 0.6 is 11.8 Å². The molecule has 0 aliphatic carbocycles. The first-order chi connectivity index (χ1) is 12.1. The molecule has 130 valence electrons. The molecule has 5 heteroatoms. The van der Waals surface area contributed by atoms with Crippen molar-refractivity contribution >= 4 is 23.4 Å². The largest absolute Gasteiger partial charge is 0.324 e. The average Bonchev–Trinajstić information content (AvgIpc) is 2.61. The van der Waals surface area contributed by atoms with Crippen LogP contribution in [0.25, 0.3) is 0 Å². The second-order valence-corrected chi connectivity index (χ2v) is 6.85. The number of aryl methyl sites for hydroxylation is 1. The topological polar surface area (TPSA) is 56.1 Å². The summed E-state index contributed by atoms with van der Waals surface area (Å²) in [5, 5.41) is 11.7. The van der Waals surface area contributed by atoms with Gasteiger partial charge in [0.15, 0.2) is 0 Å². The summed E-state index contributed by atoms with van der Waals surface area (Å²) in [6, 6.07) is 18.2. The average molecular weight is 353 g/mol. The zero-order chi connectivity index (χ0) is 18.1. The number of para-hydroxylation sites is 1. The number of hydrogen-bond acceptors (Lipinski definition) is 4. The summed E-state index contributed by atoms with van der Waals surface area (Å²) in [6.07, 6.45) is 1.03. The zero-order valence-electron chi connectivity index (χ0n) is 14.7. The highest BCUT2D eigenvalue weighted by atomic mass is 32.2. The highest BCUT2D eigenvalue weighted by Crippen LogP contribution is 2.26. The summed E-state index contributed by atoms with van der Waals surface area (Å²) in [6.45, 7) is 3.17. The van der Waals surface area contributed by atoms with Gasteiger partial charge in [0.2, 0.25) is 5.91 Å². The molecule has 0 radical (unpaired) electrons. The fourth-order valence-electron chi connectivity index (χ4n) is 2.49. The molecule has 0 aliphatic heterocycles. The number of nitriles is 1. The molecule has 0 aliphatic rings. The normalized spacial score (nSPS) is 10.5. The lowest BCUT2D eigenvalue weighted by atomic mass is 10.1. The molecule has 0 spiro atoms. The van der Waals surface area contributed by atoms with Crippen LogP contribution in [0.1, 0.15) is 18.1 Å². The van der Waals surface area contributed by atoms with Crippen LogP contribution < -0.4 is 5.32 Å². The Bertz CT molecular complexity index is 737. The van der Waals surface area contributed by atoms with Crippen molar-refractivity contribution in [3.05, 3.63) is 59.7 Å². The second-order valence-electron chi connectivity index (χ2n) is 5.83. The van der Waals surface area contributed by atoms with Gasteiger partial charge < -0.3 is 5.32 Å². The van der Waals surface area contributed by atoms with E-state index in [1.165, 1.54) is 22.9 Å². The molecule has 1 N–H and O–H groups in total. The Morgan fingerprint density at radius 3 is 2.52 bits per heavy atom. The Labute approximate surface area is 153 Å². The fraction of sp³-hybridized carbons (Fsp3) is 0.300. The third-order valence-corrected chi connectivity index (χ3v) is 4.69. The van der Waals surface area contributed by atoms with Gasteiger partial charge in [0.1, 0.15) is 0 Å². The molecule has 0 atom stereocenters. The lowest BCUT2D eigenvalue weighted by molar-refractivity contribution is -0.117. The molecule has 0 heterocycles. The van der Waals surface area contributed by atoms with Gasteiger partial charge in [0, 0.05) is 11.4 Å². The summed E-state index contributed by atoms with van der Waals surface area (Å²) >= 11 is 1.42. The van der Waals surface area contributed by atoms with Gasteiger partial charge in [-0.15, -0.1) is 11.8 Å². The van der Waals surface area contributed by atoms with Crippen molar-refractivity contribution in [2.24, 2.45) is 0 Å². The van der Waals surface area contributed by atoms with Gasteiger partial charge in [-0.25, -0.2) is 0 Å². The SMILES string of the molecule is CCc1ccc(CN(C)CC(=O)Nc2ccccc2SCC#N)cc1. The Morgan fingerprint density at radius 2 is 1.84 bits per heavy atom. The van der Waals surface area contributed by atoms with E-state index >= 15 is 0 Å². The quantitative estimate of drug-likeness (QED) is 0.731. The van der Waals surface area contributed by atoms with E-state index in [1.807, 2.05) is 36.2 Å². The van der Waals surface area contributed by atoms with E-state index in [9.17, 15) is 4.79 Å². The third kappa shape index (κ3) is 6.26. The van der Waals surface area contributed by atoms with Crippen molar-refractivity contribution in [2.75, 3.05) is 24.7 Å². The predicted molar refractivity (Wildman–Crippen MR) is 104 cm³/mol. The lowest BCUT2D eigenvalue weighted by Crippen LogP contribution is -2.30. The smallest absolute Gasteiger partial charge is 0.238 e. The maximum atomic E-state index is 12.3. The number of rotatable bonds is 8. The number of likely N-dealkylation sites (N-methyl/N-ethyl adjacent to an activating group) is 1. The minimum Gasteiger partial charge on any atom is -0.324 e. The highest BCUT2D eigenvalue weighted by Gasteiger charge is 2.10. The number of benzene rings is 2. The fourth-order valence-corrected chi connectivity index (χ4v) is 3.16. The Morgan fingerprint density at radius 1 is 1.16 bits per heavy atom. The van der Waals surface area contributed by atoms with Crippen LogP contribution in [-0.4, -0.2) is 30.2 Å². The summed E-state index contributed by atoms with van der Waals surface area (Å²) in [5.74, 6) is 0.304. The summed E-state index contributed by atoms with van der Waals surface area (Å²) in [5.41, 5.74) is 3.27. The predicted octanol–water partition coefficient (Wildman–Crippen LogP) is 3.94. The number of hydrogen-bond donors (Lipinski definition) is 1. The molecule has 4 nitrogen and oxygen atoms in total. The van der Waals surface area contributed by atoms with Gasteiger partial charge in [-0.2, -0.15) is 5.26 Å². The summed E-state index contributed by atoms with van der Waals surface area (Å²) in [4.78, 5) is 15.2. The number of nitrogens with zero attached hydrogens (tertiary/aromatic N) is 2. The van der Waals surface area contributed by atoms with E-state index in [4.69, 9.17) is 5.26 Å². The Kier molecular flexibility index (Phi) is 7.52. The van der Waals surface area contributed by atoms with Gasteiger partial charge in [-0.1, -0.05) is 43.3 Å². The van der Waals surface area contributed by atoms with Crippen LogP contribution in [-0.2, 0) is 17.8 Å². The van der Waals surface area contributed by atoms with Crippen molar-refractivity contribution in [2.45, 2.75) is 24.8 Å². The first-order valence-corrected chi connectivity index (χ1v) is 9.26. The first-order valence-electron chi connectivity index (χ1n) is 8.27. The van der Waals surface area contributed by atoms with E-state index in [-0.39, 0.29) is 5.91 Å². The number of carbonyl (C=O) groups excluding carboxylic acids is 1. The van der Waals surface area contributed by atoms with Gasteiger partial charge in [0.05, 0.1) is 24.1 Å². The van der Waals surface area contributed by atoms with E-state index in [2.05, 4.69) is 42.6 Å². The Hall–Kier alpha value is -2.29. The van der Waals surface area contributed by atoms with Crippen LogP contribution in [0.3, 0.4) is 0 Å². The van der Waals surface area contributed by atoms with Crippen LogP contribution in [0.2, 0.25) is 0 Å². The van der Waals surface area contributed by atoms with Crippen molar-refractivity contribution < 1.29 is 4.79 Å². The summed E-state index contributed by atoms with van der Waals surface area (Å²) in [7, 11) is 1.93. The first kappa shape index (κ1) is 19.0.